The van der Waals surface area contributed by atoms with Crippen molar-refractivity contribution in [3.63, 3.8) is 0 Å². The van der Waals surface area contributed by atoms with E-state index in [1.165, 1.54) is 0 Å². The van der Waals surface area contributed by atoms with Crippen molar-refractivity contribution in [2.75, 3.05) is 44.8 Å². The molecule has 1 aliphatic rings. The van der Waals surface area contributed by atoms with Crippen LogP contribution < -0.4 is 14.4 Å². The van der Waals surface area contributed by atoms with Crippen molar-refractivity contribution < 1.29 is 19.4 Å². The number of anilines is 1. The Morgan fingerprint density at radius 1 is 1.00 bits per heavy atom. The summed E-state index contributed by atoms with van der Waals surface area (Å²) >= 11 is 0. The van der Waals surface area contributed by atoms with E-state index in [2.05, 4.69) is 4.90 Å². The predicted octanol–water partition coefficient (Wildman–Crippen LogP) is 2.13. The lowest BCUT2D eigenvalue weighted by Crippen LogP contribution is -2.50. The zero-order valence-electron chi connectivity index (χ0n) is 14.2. The number of carbonyl (C=O) groups is 1. The Kier molecular flexibility index (Phi) is 5.28. The molecule has 6 heteroatoms. The van der Waals surface area contributed by atoms with Crippen LogP contribution in [0.4, 0.5) is 5.69 Å². The van der Waals surface area contributed by atoms with Crippen LogP contribution in [-0.4, -0.2) is 55.8 Å². The Morgan fingerprint density at radius 2 is 1.64 bits per heavy atom. The molecule has 0 aromatic heterocycles. The Morgan fingerprint density at radius 3 is 2.28 bits per heavy atom. The van der Waals surface area contributed by atoms with E-state index in [0.717, 1.165) is 18.8 Å². The lowest BCUT2D eigenvalue weighted by molar-refractivity contribution is -0.133. The molecule has 1 fully saturated rings. The minimum atomic E-state index is -0.0312. The van der Waals surface area contributed by atoms with Crippen LogP contribution in [0, 0.1) is 0 Å². The summed E-state index contributed by atoms with van der Waals surface area (Å²) in [6.45, 7) is 2.81. The number of methoxy groups -OCH3 is 1. The molecule has 1 amide bonds. The minimum absolute atomic E-state index is 0.000414. The monoisotopic (exact) mass is 342 g/mol. The summed E-state index contributed by atoms with van der Waals surface area (Å²) in [5, 5.41) is 9.37. The third-order valence-corrected chi connectivity index (χ3v) is 4.27. The lowest BCUT2D eigenvalue weighted by atomic mass is 10.2. The maximum absolute atomic E-state index is 12.4. The Labute approximate surface area is 147 Å². The molecular weight excluding hydrogens is 320 g/mol. The maximum atomic E-state index is 12.4. The first kappa shape index (κ1) is 17.0. The smallest absolute Gasteiger partial charge is 0.260 e. The van der Waals surface area contributed by atoms with E-state index >= 15 is 0 Å². The van der Waals surface area contributed by atoms with Gasteiger partial charge in [0, 0.05) is 31.9 Å². The van der Waals surface area contributed by atoms with Gasteiger partial charge in [-0.15, -0.1) is 0 Å². The molecule has 25 heavy (non-hydrogen) atoms. The van der Waals surface area contributed by atoms with Crippen molar-refractivity contribution in [3.05, 3.63) is 48.5 Å². The summed E-state index contributed by atoms with van der Waals surface area (Å²) in [5.74, 6) is 1.41. The molecule has 1 saturated heterocycles. The first-order valence-electron chi connectivity index (χ1n) is 8.25. The van der Waals surface area contributed by atoms with Gasteiger partial charge in [-0.25, -0.2) is 0 Å². The predicted molar refractivity (Wildman–Crippen MR) is 95.4 cm³/mol. The van der Waals surface area contributed by atoms with Crippen molar-refractivity contribution in [1.82, 2.24) is 4.90 Å². The average Bonchev–Trinajstić information content (AvgIpc) is 2.67. The third-order valence-electron chi connectivity index (χ3n) is 4.27. The van der Waals surface area contributed by atoms with Crippen LogP contribution in [-0.2, 0) is 4.79 Å². The van der Waals surface area contributed by atoms with Crippen molar-refractivity contribution in [2.24, 2.45) is 0 Å². The van der Waals surface area contributed by atoms with Gasteiger partial charge in [0.05, 0.1) is 7.11 Å². The molecule has 3 rings (SSSR count). The van der Waals surface area contributed by atoms with Gasteiger partial charge in [-0.3, -0.25) is 4.79 Å². The van der Waals surface area contributed by atoms with Crippen LogP contribution in [0.1, 0.15) is 0 Å². The number of ether oxygens (including phenoxy) is 2. The van der Waals surface area contributed by atoms with Gasteiger partial charge in [-0.05, 0) is 36.4 Å². The summed E-state index contributed by atoms with van der Waals surface area (Å²) in [4.78, 5) is 16.4. The number of hydrogen-bond donors (Lipinski definition) is 1. The maximum Gasteiger partial charge on any atom is 0.260 e. The highest BCUT2D eigenvalue weighted by Crippen LogP contribution is 2.26. The fourth-order valence-corrected chi connectivity index (χ4v) is 2.85. The van der Waals surface area contributed by atoms with E-state index in [1.807, 2.05) is 29.2 Å². The molecular formula is C19H22N2O4. The van der Waals surface area contributed by atoms with Gasteiger partial charge in [-0.1, -0.05) is 12.1 Å². The van der Waals surface area contributed by atoms with Gasteiger partial charge in [0.1, 0.15) is 5.75 Å². The average molecular weight is 342 g/mol. The number of para-hydroxylation sites is 2. The van der Waals surface area contributed by atoms with Crippen molar-refractivity contribution in [3.8, 4) is 17.2 Å². The molecule has 0 aliphatic carbocycles. The summed E-state index contributed by atoms with van der Waals surface area (Å²) in [6.07, 6.45) is 0. The van der Waals surface area contributed by atoms with Gasteiger partial charge < -0.3 is 24.4 Å². The number of carbonyl (C=O) groups excluding carboxylic acids is 1. The van der Waals surface area contributed by atoms with Crippen LogP contribution in [0.3, 0.4) is 0 Å². The zero-order chi connectivity index (χ0) is 17.6. The SMILES string of the molecule is COc1ccccc1OCC(=O)N1CCN(c2ccc(O)cc2)CC1. The second-order valence-corrected chi connectivity index (χ2v) is 5.82. The highest BCUT2D eigenvalue weighted by Gasteiger charge is 2.22. The highest BCUT2D eigenvalue weighted by atomic mass is 16.5. The lowest BCUT2D eigenvalue weighted by Gasteiger charge is -2.36. The van der Waals surface area contributed by atoms with Gasteiger partial charge in [0.15, 0.2) is 18.1 Å². The minimum Gasteiger partial charge on any atom is -0.508 e. The van der Waals surface area contributed by atoms with E-state index < -0.39 is 0 Å². The highest BCUT2D eigenvalue weighted by molar-refractivity contribution is 5.78. The molecule has 2 aromatic rings. The van der Waals surface area contributed by atoms with Crippen LogP contribution in [0.5, 0.6) is 17.2 Å². The molecule has 132 valence electrons. The second-order valence-electron chi connectivity index (χ2n) is 5.82. The van der Waals surface area contributed by atoms with E-state index in [0.29, 0.717) is 24.6 Å². The number of benzene rings is 2. The summed E-state index contributed by atoms with van der Waals surface area (Å²) in [7, 11) is 1.58. The van der Waals surface area contributed by atoms with Crippen molar-refractivity contribution in [2.45, 2.75) is 0 Å². The second kappa shape index (κ2) is 7.79. The number of aromatic hydroxyl groups is 1. The summed E-state index contributed by atoms with van der Waals surface area (Å²) < 4.78 is 10.8. The first-order valence-corrected chi connectivity index (χ1v) is 8.25. The zero-order valence-corrected chi connectivity index (χ0v) is 14.2. The topological polar surface area (TPSA) is 62.2 Å². The number of amides is 1. The Balaban J connectivity index is 1.50. The Bertz CT molecular complexity index is 710. The molecule has 0 radical (unpaired) electrons. The molecule has 1 N–H and O–H groups in total. The number of piperazine rings is 1. The molecule has 1 aliphatic heterocycles. The number of rotatable bonds is 5. The molecule has 0 bridgehead atoms. The van der Waals surface area contributed by atoms with Crippen molar-refractivity contribution in [1.29, 1.82) is 0 Å². The van der Waals surface area contributed by atoms with Crippen LogP contribution >= 0.6 is 0 Å². The summed E-state index contributed by atoms with van der Waals surface area (Å²) in [5.41, 5.74) is 1.05. The Hall–Kier alpha value is -2.89. The molecule has 1 heterocycles. The molecule has 0 atom stereocenters. The first-order chi connectivity index (χ1) is 12.2. The van der Waals surface area contributed by atoms with Crippen LogP contribution in [0.25, 0.3) is 0 Å². The van der Waals surface area contributed by atoms with Crippen LogP contribution in [0.2, 0.25) is 0 Å². The number of nitrogens with zero attached hydrogens (tertiary/aromatic N) is 2. The fourth-order valence-electron chi connectivity index (χ4n) is 2.85. The molecule has 2 aromatic carbocycles. The van der Waals surface area contributed by atoms with E-state index in [1.54, 1.807) is 31.4 Å². The normalized spacial score (nSPS) is 14.3. The quantitative estimate of drug-likeness (QED) is 0.902. The molecule has 0 unspecified atom stereocenters. The van der Waals surface area contributed by atoms with E-state index in [-0.39, 0.29) is 18.3 Å². The fraction of sp³-hybridized carbons (Fsp3) is 0.316. The van der Waals surface area contributed by atoms with E-state index in [9.17, 15) is 9.90 Å². The summed E-state index contributed by atoms with van der Waals surface area (Å²) in [6, 6.07) is 14.4. The van der Waals surface area contributed by atoms with Gasteiger partial charge in [-0.2, -0.15) is 0 Å². The standard InChI is InChI=1S/C19H22N2O4/c1-24-17-4-2-3-5-18(17)25-14-19(23)21-12-10-20(11-13-21)15-6-8-16(22)9-7-15/h2-9,22H,10-14H2,1H3. The third kappa shape index (κ3) is 4.15. The van der Waals surface area contributed by atoms with Crippen molar-refractivity contribution >= 4 is 11.6 Å². The van der Waals surface area contributed by atoms with Gasteiger partial charge >= 0.3 is 0 Å². The molecule has 0 spiro atoms. The molecule has 6 nitrogen and oxygen atoms in total. The number of hydrogen-bond acceptors (Lipinski definition) is 5. The van der Waals surface area contributed by atoms with Crippen LogP contribution in [0.15, 0.2) is 48.5 Å². The number of phenolic OH excluding ortho intramolecular Hbond substituents is 1. The van der Waals surface area contributed by atoms with Gasteiger partial charge in [0.25, 0.3) is 5.91 Å². The molecule has 0 saturated carbocycles. The number of phenols is 1. The largest absolute Gasteiger partial charge is 0.508 e. The van der Waals surface area contributed by atoms with E-state index in [4.69, 9.17) is 9.47 Å². The van der Waals surface area contributed by atoms with Gasteiger partial charge in [0.2, 0.25) is 0 Å².